The van der Waals surface area contributed by atoms with Crippen molar-refractivity contribution >= 4 is 5.82 Å². The summed E-state index contributed by atoms with van der Waals surface area (Å²) >= 11 is 0. The first kappa shape index (κ1) is 13.5. The number of rotatable bonds is 2. The topological polar surface area (TPSA) is 43.8 Å². The van der Waals surface area contributed by atoms with Crippen LogP contribution in [0.4, 0.5) is 19.0 Å². The van der Waals surface area contributed by atoms with Gasteiger partial charge in [0.2, 0.25) is 0 Å². The Kier molecular flexibility index (Phi) is 3.26. The van der Waals surface area contributed by atoms with Crippen LogP contribution in [0, 0.1) is 6.92 Å². The Morgan fingerprint density at radius 2 is 1.79 bits per heavy atom. The van der Waals surface area contributed by atoms with Gasteiger partial charge in [0.15, 0.2) is 0 Å². The third kappa shape index (κ3) is 2.57. The van der Waals surface area contributed by atoms with E-state index in [1.54, 1.807) is 10.9 Å². The van der Waals surface area contributed by atoms with Crippen LogP contribution in [0.15, 0.2) is 30.5 Å². The summed E-state index contributed by atoms with van der Waals surface area (Å²) < 4.78 is 39.0. The molecule has 0 amide bonds. The second-order valence-electron chi connectivity index (χ2n) is 4.45. The van der Waals surface area contributed by atoms with Gasteiger partial charge in [-0.2, -0.15) is 18.3 Å². The second kappa shape index (κ2) is 4.60. The van der Waals surface area contributed by atoms with E-state index in [2.05, 4.69) is 5.10 Å². The number of nitrogen functional groups attached to an aromatic ring is 1. The zero-order valence-electron chi connectivity index (χ0n) is 10.6. The molecule has 1 unspecified atom stereocenters. The van der Waals surface area contributed by atoms with Crippen LogP contribution >= 0.6 is 0 Å². The molecule has 1 atom stereocenters. The summed E-state index contributed by atoms with van der Waals surface area (Å²) in [7, 11) is 0. The Labute approximate surface area is 108 Å². The Hall–Kier alpha value is -1.98. The first-order valence-corrected chi connectivity index (χ1v) is 5.77. The van der Waals surface area contributed by atoms with E-state index < -0.39 is 11.7 Å². The SMILES string of the molecule is Cc1cnn(C(C)c2ccc(C(F)(F)F)cc2)c1N. The summed E-state index contributed by atoms with van der Waals surface area (Å²) in [6.07, 6.45) is -2.68. The molecular formula is C13H14F3N3. The van der Waals surface area contributed by atoms with E-state index >= 15 is 0 Å². The summed E-state index contributed by atoms with van der Waals surface area (Å²) in [5.74, 6) is 0.521. The molecule has 2 aromatic rings. The van der Waals surface area contributed by atoms with Gasteiger partial charge in [0.05, 0.1) is 17.8 Å². The van der Waals surface area contributed by atoms with Crippen molar-refractivity contribution < 1.29 is 13.2 Å². The molecule has 3 nitrogen and oxygen atoms in total. The van der Waals surface area contributed by atoms with E-state index in [9.17, 15) is 13.2 Å². The number of alkyl halides is 3. The van der Waals surface area contributed by atoms with Crippen LogP contribution in [0.3, 0.4) is 0 Å². The van der Waals surface area contributed by atoms with E-state index in [1.807, 2.05) is 13.8 Å². The van der Waals surface area contributed by atoms with Gasteiger partial charge in [-0.1, -0.05) is 12.1 Å². The molecule has 0 radical (unpaired) electrons. The molecule has 0 saturated carbocycles. The van der Waals surface area contributed by atoms with Crippen molar-refractivity contribution in [3.05, 3.63) is 47.2 Å². The Balaban J connectivity index is 2.30. The smallest absolute Gasteiger partial charge is 0.384 e. The minimum absolute atomic E-state index is 0.212. The van der Waals surface area contributed by atoms with E-state index in [-0.39, 0.29) is 6.04 Å². The summed E-state index contributed by atoms with van der Waals surface area (Å²) in [6, 6.07) is 4.82. The fourth-order valence-electron chi connectivity index (χ4n) is 1.86. The van der Waals surface area contributed by atoms with Crippen molar-refractivity contribution in [2.45, 2.75) is 26.1 Å². The maximum atomic E-state index is 12.5. The van der Waals surface area contributed by atoms with Gasteiger partial charge in [0, 0.05) is 5.56 Å². The number of aromatic nitrogens is 2. The molecule has 0 saturated heterocycles. The van der Waals surface area contributed by atoms with Gasteiger partial charge < -0.3 is 5.73 Å². The molecule has 2 rings (SSSR count). The average Bonchev–Trinajstić information content (AvgIpc) is 2.68. The van der Waals surface area contributed by atoms with Gasteiger partial charge in [-0.15, -0.1) is 0 Å². The Morgan fingerprint density at radius 1 is 1.21 bits per heavy atom. The molecule has 19 heavy (non-hydrogen) atoms. The summed E-state index contributed by atoms with van der Waals surface area (Å²) in [6.45, 7) is 3.67. The number of hydrogen-bond donors (Lipinski definition) is 1. The highest BCUT2D eigenvalue weighted by atomic mass is 19.4. The summed E-state index contributed by atoms with van der Waals surface area (Å²) in [4.78, 5) is 0. The van der Waals surface area contributed by atoms with Crippen molar-refractivity contribution in [2.24, 2.45) is 0 Å². The van der Waals surface area contributed by atoms with Gasteiger partial charge in [-0.25, -0.2) is 4.68 Å². The Bertz CT molecular complexity index is 570. The number of nitrogens with zero attached hydrogens (tertiary/aromatic N) is 2. The minimum Gasteiger partial charge on any atom is -0.384 e. The van der Waals surface area contributed by atoms with E-state index in [0.717, 1.165) is 23.3 Å². The lowest BCUT2D eigenvalue weighted by Crippen LogP contribution is -2.12. The number of aryl methyl sites for hydroxylation is 1. The van der Waals surface area contributed by atoms with Crippen LogP contribution in [0.5, 0.6) is 0 Å². The highest BCUT2D eigenvalue weighted by molar-refractivity contribution is 5.39. The number of anilines is 1. The van der Waals surface area contributed by atoms with E-state index in [0.29, 0.717) is 5.82 Å². The lowest BCUT2D eigenvalue weighted by molar-refractivity contribution is -0.137. The molecule has 0 aliphatic heterocycles. The molecule has 0 fully saturated rings. The van der Waals surface area contributed by atoms with Crippen LogP contribution in [0.1, 0.15) is 29.7 Å². The van der Waals surface area contributed by atoms with E-state index in [1.165, 1.54) is 12.1 Å². The van der Waals surface area contributed by atoms with Crippen molar-refractivity contribution in [3.8, 4) is 0 Å². The van der Waals surface area contributed by atoms with Gasteiger partial charge in [-0.3, -0.25) is 0 Å². The maximum absolute atomic E-state index is 12.5. The van der Waals surface area contributed by atoms with Gasteiger partial charge in [0.25, 0.3) is 0 Å². The minimum atomic E-state index is -4.32. The fourth-order valence-corrected chi connectivity index (χ4v) is 1.86. The fraction of sp³-hybridized carbons (Fsp3) is 0.308. The zero-order chi connectivity index (χ0) is 14.2. The van der Waals surface area contributed by atoms with Crippen LogP contribution in [0.25, 0.3) is 0 Å². The Morgan fingerprint density at radius 3 is 2.21 bits per heavy atom. The lowest BCUT2D eigenvalue weighted by Gasteiger charge is -2.15. The molecule has 1 aromatic carbocycles. The monoisotopic (exact) mass is 269 g/mol. The summed E-state index contributed by atoms with van der Waals surface area (Å²) in [5.41, 5.74) is 6.77. The van der Waals surface area contributed by atoms with Gasteiger partial charge in [-0.05, 0) is 31.5 Å². The van der Waals surface area contributed by atoms with Gasteiger partial charge in [0.1, 0.15) is 5.82 Å². The molecule has 1 heterocycles. The third-order valence-electron chi connectivity index (χ3n) is 3.11. The highest BCUT2D eigenvalue weighted by Crippen LogP contribution is 2.30. The molecular weight excluding hydrogens is 255 g/mol. The third-order valence-corrected chi connectivity index (χ3v) is 3.11. The number of halogens is 3. The second-order valence-corrected chi connectivity index (χ2v) is 4.45. The van der Waals surface area contributed by atoms with Crippen LogP contribution < -0.4 is 5.73 Å². The number of hydrogen-bond acceptors (Lipinski definition) is 2. The molecule has 6 heteroatoms. The molecule has 0 bridgehead atoms. The van der Waals surface area contributed by atoms with Crippen LogP contribution in [-0.2, 0) is 6.18 Å². The first-order chi connectivity index (χ1) is 8.80. The quantitative estimate of drug-likeness (QED) is 0.908. The standard InChI is InChI=1S/C13H14F3N3/c1-8-7-18-19(12(8)17)9(2)10-3-5-11(6-4-10)13(14,15)16/h3-7,9H,17H2,1-2H3. The number of nitrogens with two attached hydrogens (primary N) is 1. The molecule has 2 N–H and O–H groups in total. The lowest BCUT2D eigenvalue weighted by atomic mass is 10.1. The predicted octanol–water partition coefficient (Wildman–Crippen LogP) is 3.40. The molecule has 102 valence electrons. The highest BCUT2D eigenvalue weighted by Gasteiger charge is 2.30. The average molecular weight is 269 g/mol. The first-order valence-electron chi connectivity index (χ1n) is 5.77. The van der Waals surface area contributed by atoms with E-state index in [4.69, 9.17) is 5.73 Å². The van der Waals surface area contributed by atoms with Crippen molar-refractivity contribution in [3.63, 3.8) is 0 Å². The number of benzene rings is 1. The predicted molar refractivity (Wildman–Crippen MR) is 66.6 cm³/mol. The maximum Gasteiger partial charge on any atom is 0.416 e. The molecule has 1 aromatic heterocycles. The van der Waals surface area contributed by atoms with Crippen LogP contribution in [-0.4, -0.2) is 9.78 Å². The van der Waals surface area contributed by atoms with Crippen molar-refractivity contribution in [2.75, 3.05) is 5.73 Å². The van der Waals surface area contributed by atoms with Crippen molar-refractivity contribution in [1.29, 1.82) is 0 Å². The zero-order valence-corrected chi connectivity index (χ0v) is 10.6. The normalized spacial score (nSPS) is 13.5. The largest absolute Gasteiger partial charge is 0.416 e. The molecule has 0 aliphatic rings. The van der Waals surface area contributed by atoms with Crippen LogP contribution in [0.2, 0.25) is 0 Å². The van der Waals surface area contributed by atoms with Gasteiger partial charge >= 0.3 is 6.18 Å². The summed E-state index contributed by atoms with van der Waals surface area (Å²) in [5, 5.41) is 4.13. The van der Waals surface area contributed by atoms with Crippen molar-refractivity contribution in [1.82, 2.24) is 9.78 Å². The molecule has 0 spiro atoms. The molecule has 0 aliphatic carbocycles.